The summed E-state index contributed by atoms with van der Waals surface area (Å²) in [6, 6.07) is 9.19. The van der Waals surface area contributed by atoms with Crippen LogP contribution >= 0.6 is 0 Å². The van der Waals surface area contributed by atoms with Gasteiger partial charge in [0.15, 0.2) is 0 Å². The number of piperidine rings is 1. The minimum atomic E-state index is -3.59. The maximum atomic E-state index is 12.7. The molecule has 1 aromatic carbocycles. The number of aromatic nitrogens is 1. The van der Waals surface area contributed by atoms with Crippen molar-refractivity contribution in [3.63, 3.8) is 0 Å². The first-order chi connectivity index (χ1) is 12.5. The van der Waals surface area contributed by atoms with Crippen molar-refractivity contribution >= 4 is 15.7 Å². The monoisotopic (exact) mass is 375 g/mol. The zero-order valence-corrected chi connectivity index (χ0v) is 16.0. The lowest BCUT2D eigenvalue weighted by Crippen LogP contribution is -2.38. The van der Waals surface area contributed by atoms with Gasteiger partial charge >= 0.3 is 0 Å². The lowest BCUT2D eigenvalue weighted by Gasteiger charge is -2.33. The third kappa shape index (κ3) is 4.34. The first kappa shape index (κ1) is 18.7. The molecular formula is C19H25N3O3S. The number of rotatable bonds is 6. The van der Waals surface area contributed by atoms with Crippen molar-refractivity contribution < 1.29 is 13.2 Å². The van der Waals surface area contributed by atoms with Gasteiger partial charge in [0, 0.05) is 37.7 Å². The number of aryl methyl sites for hydroxylation is 1. The Morgan fingerprint density at radius 1 is 1.19 bits per heavy atom. The third-order valence-corrected chi connectivity index (χ3v) is 6.26. The number of hydrogen-bond donors (Lipinski definition) is 1. The molecule has 1 N–H and O–H groups in total. The number of ether oxygens (including phenoxy) is 1. The molecule has 2 aromatic rings. The van der Waals surface area contributed by atoms with Gasteiger partial charge in [0.05, 0.1) is 7.11 Å². The summed E-state index contributed by atoms with van der Waals surface area (Å²) in [5, 5.41) is 0. The Bertz CT molecular complexity index is 832. The molecule has 1 saturated heterocycles. The van der Waals surface area contributed by atoms with Crippen LogP contribution in [-0.2, 0) is 10.0 Å². The molecule has 3 rings (SSSR count). The van der Waals surface area contributed by atoms with E-state index in [-0.39, 0.29) is 4.90 Å². The van der Waals surface area contributed by atoms with Gasteiger partial charge in [0.2, 0.25) is 10.0 Å². The Morgan fingerprint density at radius 3 is 2.54 bits per heavy atom. The lowest BCUT2D eigenvalue weighted by atomic mass is 9.97. The lowest BCUT2D eigenvalue weighted by molar-refractivity contribution is 0.395. The summed E-state index contributed by atoms with van der Waals surface area (Å²) in [5.41, 5.74) is 2.06. The van der Waals surface area contributed by atoms with E-state index >= 15 is 0 Å². The first-order valence-corrected chi connectivity index (χ1v) is 10.3. The Labute approximate surface area is 155 Å². The van der Waals surface area contributed by atoms with Crippen LogP contribution in [0.4, 0.5) is 5.69 Å². The summed E-state index contributed by atoms with van der Waals surface area (Å²) in [5.74, 6) is 0.703. The Morgan fingerprint density at radius 2 is 1.88 bits per heavy atom. The second-order valence-electron chi connectivity index (χ2n) is 6.64. The molecule has 0 spiro atoms. The molecule has 0 saturated carbocycles. The van der Waals surface area contributed by atoms with Crippen molar-refractivity contribution in [2.45, 2.75) is 24.7 Å². The molecule has 1 fully saturated rings. The van der Waals surface area contributed by atoms with Gasteiger partial charge in [-0.2, -0.15) is 0 Å². The molecule has 0 unspecified atom stereocenters. The number of hydrogen-bond acceptors (Lipinski definition) is 5. The van der Waals surface area contributed by atoms with E-state index in [0.717, 1.165) is 31.5 Å². The molecule has 0 amide bonds. The van der Waals surface area contributed by atoms with E-state index in [1.54, 1.807) is 24.5 Å². The van der Waals surface area contributed by atoms with E-state index in [1.165, 1.54) is 12.8 Å². The molecule has 26 heavy (non-hydrogen) atoms. The van der Waals surface area contributed by atoms with E-state index < -0.39 is 10.0 Å². The van der Waals surface area contributed by atoms with Crippen molar-refractivity contribution in [1.82, 2.24) is 9.71 Å². The molecule has 140 valence electrons. The van der Waals surface area contributed by atoms with Gasteiger partial charge in [-0.3, -0.25) is 4.98 Å². The van der Waals surface area contributed by atoms with E-state index in [4.69, 9.17) is 4.74 Å². The SMILES string of the molecule is COc1ccc(C)cc1S(=O)(=O)NCC1CCN(c2ccncc2)CC1. The van der Waals surface area contributed by atoms with Crippen molar-refractivity contribution in [2.24, 2.45) is 5.92 Å². The zero-order valence-electron chi connectivity index (χ0n) is 15.2. The average Bonchev–Trinajstić information content (AvgIpc) is 2.67. The van der Waals surface area contributed by atoms with Crippen LogP contribution in [0.25, 0.3) is 0 Å². The summed E-state index contributed by atoms with van der Waals surface area (Å²) < 4.78 is 33.3. The highest BCUT2D eigenvalue weighted by Crippen LogP contribution is 2.26. The van der Waals surface area contributed by atoms with Crippen LogP contribution in [0, 0.1) is 12.8 Å². The molecule has 7 heteroatoms. The fourth-order valence-electron chi connectivity index (χ4n) is 3.25. The topological polar surface area (TPSA) is 71.5 Å². The van der Waals surface area contributed by atoms with Crippen LogP contribution in [-0.4, -0.2) is 40.1 Å². The highest BCUT2D eigenvalue weighted by Gasteiger charge is 2.24. The van der Waals surface area contributed by atoms with Gasteiger partial charge in [-0.05, 0) is 55.5 Å². The fraction of sp³-hybridized carbons (Fsp3) is 0.421. The van der Waals surface area contributed by atoms with Crippen molar-refractivity contribution in [1.29, 1.82) is 0 Å². The molecule has 0 radical (unpaired) electrons. The van der Waals surface area contributed by atoms with Crippen LogP contribution in [0.3, 0.4) is 0 Å². The molecule has 1 aliphatic heterocycles. The summed E-state index contributed by atoms with van der Waals surface area (Å²) in [4.78, 5) is 6.57. The predicted molar refractivity (Wildman–Crippen MR) is 102 cm³/mol. The maximum absolute atomic E-state index is 12.7. The standard InChI is InChI=1S/C19H25N3O3S/c1-15-3-4-18(25-2)19(13-15)26(23,24)21-14-16-7-11-22(12-8-16)17-5-9-20-10-6-17/h3-6,9-10,13,16,21H,7-8,11-12,14H2,1-2H3. The second kappa shape index (κ2) is 8.05. The van der Waals surface area contributed by atoms with Crippen LogP contribution < -0.4 is 14.4 Å². The summed E-state index contributed by atoms with van der Waals surface area (Å²) in [6.45, 7) is 4.16. The minimum Gasteiger partial charge on any atom is -0.495 e. The maximum Gasteiger partial charge on any atom is 0.244 e. The summed E-state index contributed by atoms with van der Waals surface area (Å²) in [6.07, 6.45) is 5.50. The van der Waals surface area contributed by atoms with Gasteiger partial charge in [0.25, 0.3) is 0 Å². The van der Waals surface area contributed by atoms with Gasteiger partial charge in [-0.1, -0.05) is 6.07 Å². The quantitative estimate of drug-likeness (QED) is 0.840. The van der Waals surface area contributed by atoms with E-state index in [0.29, 0.717) is 18.2 Å². The summed E-state index contributed by atoms with van der Waals surface area (Å²) >= 11 is 0. The number of methoxy groups -OCH3 is 1. The number of nitrogens with one attached hydrogen (secondary N) is 1. The largest absolute Gasteiger partial charge is 0.495 e. The molecule has 0 bridgehead atoms. The average molecular weight is 375 g/mol. The highest BCUT2D eigenvalue weighted by molar-refractivity contribution is 7.89. The van der Waals surface area contributed by atoms with E-state index in [2.05, 4.69) is 14.6 Å². The molecule has 0 aliphatic carbocycles. The Hall–Kier alpha value is -2.12. The predicted octanol–water partition coefficient (Wildman–Crippen LogP) is 2.59. The van der Waals surface area contributed by atoms with Crippen LogP contribution in [0.1, 0.15) is 18.4 Å². The number of nitrogens with zero attached hydrogens (tertiary/aromatic N) is 2. The van der Waals surface area contributed by atoms with Crippen molar-refractivity contribution in [2.75, 3.05) is 31.6 Å². The minimum absolute atomic E-state index is 0.203. The fourth-order valence-corrected chi connectivity index (χ4v) is 4.62. The van der Waals surface area contributed by atoms with Gasteiger partial charge in [0.1, 0.15) is 10.6 Å². The number of benzene rings is 1. The van der Waals surface area contributed by atoms with E-state index in [9.17, 15) is 8.42 Å². The van der Waals surface area contributed by atoms with Crippen LogP contribution in [0.15, 0.2) is 47.6 Å². The third-order valence-electron chi connectivity index (χ3n) is 4.81. The molecule has 0 atom stereocenters. The normalized spacial score (nSPS) is 15.8. The Kier molecular flexibility index (Phi) is 5.78. The van der Waals surface area contributed by atoms with Crippen molar-refractivity contribution in [3.05, 3.63) is 48.3 Å². The van der Waals surface area contributed by atoms with Crippen LogP contribution in [0.5, 0.6) is 5.75 Å². The molecule has 2 heterocycles. The summed E-state index contributed by atoms with van der Waals surface area (Å²) in [7, 11) is -2.10. The van der Waals surface area contributed by atoms with Crippen molar-refractivity contribution in [3.8, 4) is 5.75 Å². The van der Waals surface area contributed by atoms with Gasteiger partial charge in [-0.15, -0.1) is 0 Å². The second-order valence-corrected chi connectivity index (χ2v) is 8.38. The van der Waals surface area contributed by atoms with Crippen LogP contribution in [0.2, 0.25) is 0 Å². The first-order valence-electron chi connectivity index (χ1n) is 8.79. The zero-order chi connectivity index (χ0) is 18.6. The highest BCUT2D eigenvalue weighted by atomic mass is 32.2. The molecule has 6 nitrogen and oxygen atoms in total. The van der Waals surface area contributed by atoms with Gasteiger partial charge in [-0.25, -0.2) is 13.1 Å². The number of pyridine rings is 1. The molecule has 1 aromatic heterocycles. The number of anilines is 1. The molecule has 1 aliphatic rings. The van der Waals surface area contributed by atoms with Gasteiger partial charge < -0.3 is 9.64 Å². The molecular weight excluding hydrogens is 350 g/mol. The van der Waals surface area contributed by atoms with E-state index in [1.807, 2.05) is 25.1 Å². The Balaban J connectivity index is 1.59. The smallest absolute Gasteiger partial charge is 0.244 e. The number of sulfonamides is 1.